The second-order valence-electron chi connectivity index (χ2n) is 6.39. The predicted octanol–water partition coefficient (Wildman–Crippen LogP) is 3.39. The lowest BCUT2D eigenvalue weighted by Gasteiger charge is -2.26. The summed E-state index contributed by atoms with van der Waals surface area (Å²) in [6, 6.07) is 6.78. The first-order chi connectivity index (χ1) is 10.1. The van der Waals surface area contributed by atoms with E-state index in [9.17, 15) is 0 Å². The van der Waals surface area contributed by atoms with Gasteiger partial charge in [-0.3, -0.25) is 4.68 Å². The van der Waals surface area contributed by atoms with E-state index in [1.165, 1.54) is 42.4 Å². The van der Waals surface area contributed by atoms with Crippen molar-refractivity contribution in [2.75, 3.05) is 0 Å². The lowest BCUT2D eigenvalue weighted by molar-refractivity contribution is 0.584. The molecule has 1 unspecified atom stereocenters. The Balaban J connectivity index is 1.92. The summed E-state index contributed by atoms with van der Waals surface area (Å²) in [5.74, 6) is 0. The van der Waals surface area contributed by atoms with Crippen LogP contribution in [0.15, 0.2) is 30.6 Å². The summed E-state index contributed by atoms with van der Waals surface area (Å²) in [7, 11) is 0. The minimum Gasteiger partial charge on any atom is -0.318 e. The Labute approximate surface area is 127 Å². The molecule has 1 aromatic heterocycles. The van der Waals surface area contributed by atoms with Crippen molar-refractivity contribution in [2.45, 2.75) is 58.0 Å². The van der Waals surface area contributed by atoms with Crippen LogP contribution in [0, 0.1) is 0 Å². The summed E-state index contributed by atoms with van der Waals surface area (Å²) in [5.41, 5.74) is 11.4. The van der Waals surface area contributed by atoms with Gasteiger partial charge in [-0.15, -0.1) is 0 Å². The van der Waals surface area contributed by atoms with Gasteiger partial charge in [-0.25, -0.2) is 0 Å². The number of fused-ring (bicyclic) bond motifs is 1. The Morgan fingerprint density at radius 1 is 1.19 bits per heavy atom. The molecule has 3 heteroatoms. The highest BCUT2D eigenvalue weighted by atomic mass is 15.3. The summed E-state index contributed by atoms with van der Waals surface area (Å²) in [6.45, 7) is 5.19. The van der Waals surface area contributed by atoms with Crippen molar-refractivity contribution >= 4 is 0 Å². The monoisotopic (exact) mass is 283 g/mol. The second-order valence-corrected chi connectivity index (χ2v) is 6.39. The van der Waals surface area contributed by atoms with Crippen LogP contribution in [0.2, 0.25) is 0 Å². The Bertz CT molecular complexity index is 625. The molecule has 0 saturated heterocycles. The molecule has 0 amide bonds. The highest BCUT2D eigenvalue weighted by Crippen LogP contribution is 2.30. The molecule has 2 N–H and O–H groups in total. The highest BCUT2D eigenvalue weighted by molar-refractivity contribution is 5.41. The van der Waals surface area contributed by atoms with Crippen LogP contribution in [-0.2, 0) is 24.9 Å². The number of aryl methyl sites for hydroxylation is 3. The standard InChI is InChI=1S/C18H25N3/c1-3-10-21-13-17(12-20-21)18(2,19)16-9-8-14-6-4-5-7-15(14)11-16/h8-9,11-13H,3-7,10,19H2,1-2H3. The molecule has 0 spiro atoms. The molecular weight excluding hydrogens is 258 g/mol. The molecule has 3 nitrogen and oxygen atoms in total. The predicted molar refractivity (Wildman–Crippen MR) is 86.2 cm³/mol. The Hall–Kier alpha value is -1.61. The number of hydrogen-bond donors (Lipinski definition) is 1. The van der Waals surface area contributed by atoms with Crippen molar-refractivity contribution in [3.05, 3.63) is 52.8 Å². The molecule has 2 aromatic rings. The van der Waals surface area contributed by atoms with Gasteiger partial charge in [0.05, 0.1) is 11.7 Å². The molecular formula is C18H25N3. The number of benzene rings is 1. The summed E-state index contributed by atoms with van der Waals surface area (Å²) in [5, 5.41) is 4.42. The Morgan fingerprint density at radius 2 is 1.95 bits per heavy atom. The Morgan fingerprint density at radius 3 is 2.71 bits per heavy atom. The molecule has 1 aromatic carbocycles. The molecule has 3 rings (SSSR count). The largest absolute Gasteiger partial charge is 0.318 e. The van der Waals surface area contributed by atoms with E-state index in [0.29, 0.717) is 0 Å². The third-order valence-corrected chi connectivity index (χ3v) is 4.63. The lowest BCUT2D eigenvalue weighted by atomic mass is 9.83. The fourth-order valence-electron chi connectivity index (χ4n) is 3.21. The van der Waals surface area contributed by atoms with Gasteiger partial charge in [0.15, 0.2) is 0 Å². The average Bonchev–Trinajstić information content (AvgIpc) is 2.96. The number of aromatic nitrogens is 2. The van der Waals surface area contributed by atoms with E-state index in [1.807, 2.05) is 10.9 Å². The lowest BCUT2D eigenvalue weighted by Crippen LogP contribution is -2.34. The van der Waals surface area contributed by atoms with E-state index in [-0.39, 0.29) is 0 Å². The van der Waals surface area contributed by atoms with Gasteiger partial charge in [0, 0.05) is 18.3 Å². The maximum atomic E-state index is 6.65. The van der Waals surface area contributed by atoms with Crippen LogP contribution >= 0.6 is 0 Å². The first-order valence-corrected chi connectivity index (χ1v) is 8.05. The highest BCUT2D eigenvalue weighted by Gasteiger charge is 2.26. The van der Waals surface area contributed by atoms with Crippen LogP contribution in [-0.4, -0.2) is 9.78 Å². The fourth-order valence-corrected chi connectivity index (χ4v) is 3.21. The minimum atomic E-state index is -0.474. The van der Waals surface area contributed by atoms with Gasteiger partial charge in [0.2, 0.25) is 0 Å². The molecule has 1 aliphatic carbocycles. The topological polar surface area (TPSA) is 43.8 Å². The van der Waals surface area contributed by atoms with Crippen molar-refractivity contribution in [3.8, 4) is 0 Å². The minimum absolute atomic E-state index is 0.474. The zero-order valence-electron chi connectivity index (χ0n) is 13.1. The summed E-state index contributed by atoms with van der Waals surface area (Å²) >= 11 is 0. The molecule has 0 aliphatic heterocycles. The fraction of sp³-hybridized carbons (Fsp3) is 0.500. The molecule has 1 atom stereocenters. The zero-order valence-corrected chi connectivity index (χ0v) is 13.1. The third kappa shape index (κ3) is 2.75. The maximum Gasteiger partial charge on any atom is 0.0668 e. The van der Waals surface area contributed by atoms with E-state index in [2.05, 4.69) is 43.3 Å². The van der Waals surface area contributed by atoms with Gasteiger partial charge in [-0.1, -0.05) is 25.1 Å². The number of rotatable bonds is 4. The average molecular weight is 283 g/mol. The normalized spacial score (nSPS) is 17.3. The van der Waals surface area contributed by atoms with Gasteiger partial charge in [-0.2, -0.15) is 5.10 Å². The first kappa shape index (κ1) is 14.3. The van der Waals surface area contributed by atoms with E-state index < -0.39 is 5.54 Å². The molecule has 0 saturated carbocycles. The van der Waals surface area contributed by atoms with E-state index in [4.69, 9.17) is 5.73 Å². The van der Waals surface area contributed by atoms with E-state index in [1.54, 1.807) is 0 Å². The SMILES string of the molecule is CCCn1cc(C(C)(N)c2ccc3c(c2)CCCC3)cn1. The smallest absolute Gasteiger partial charge is 0.0668 e. The Kier molecular flexibility index (Phi) is 3.85. The van der Waals surface area contributed by atoms with Gasteiger partial charge in [-0.05, 0) is 55.7 Å². The van der Waals surface area contributed by atoms with Gasteiger partial charge in [0.1, 0.15) is 0 Å². The van der Waals surface area contributed by atoms with E-state index in [0.717, 1.165) is 18.5 Å². The summed E-state index contributed by atoms with van der Waals surface area (Å²) < 4.78 is 1.98. The van der Waals surface area contributed by atoms with Crippen LogP contribution in [0.4, 0.5) is 0 Å². The maximum absolute atomic E-state index is 6.65. The molecule has 0 bridgehead atoms. The van der Waals surface area contributed by atoms with Crippen LogP contribution < -0.4 is 5.73 Å². The third-order valence-electron chi connectivity index (χ3n) is 4.63. The van der Waals surface area contributed by atoms with Gasteiger partial charge < -0.3 is 5.73 Å². The zero-order chi connectivity index (χ0) is 14.9. The summed E-state index contributed by atoms with van der Waals surface area (Å²) in [6.07, 6.45) is 10.1. The van der Waals surface area contributed by atoms with Crippen LogP contribution in [0.25, 0.3) is 0 Å². The first-order valence-electron chi connectivity index (χ1n) is 8.05. The van der Waals surface area contributed by atoms with Crippen LogP contribution in [0.3, 0.4) is 0 Å². The quantitative estimate of drug-likeness (QED) is 0.934. The van der Waals surface area contributed by atoms with Crippen LogP contribution in [0.5, 0.6) is 0 Å². The molecule has 21 heavy (non-hydrogen) atoms. The van der Waals surface area contributed by atoms with Crippen molar-refractivity contribution in [3.63, 3.8) is 0 Å². The van der Waals surface area contributed by atoms with Crippen molar-refractivity contribution in [2.24, 2.45) is 5.73 Å². The molecule has 0 radical (unpaired) electrons. The van der Waals surface area contributed by atoms with Gasteiger partial charge in [0.25, 0.3) is 0 Å². The van der Waals surface area contributed by atoms with Crippen molar-refractivity contribution in [1.82, 2.24) is 9.78 Å². The van der Waals surface area contributed by atoms with E-state index >= 15 is 0 Å². The molecule has 1 heterocycles. The molecule has 112 valence electrons. The molecule has 0 fully saturated rings. The van der Waals surface area contributed by atoms with Crippen LogP contribution in [0.1, 0.15) is 55.4 Å². The number of hydrogen-bond acceptors (Lipinski definition) is 2. The number of nitrogens with two attached hydrogens (primary N) is 1. The van der Waals surface area contributed by atoms with Crippen molar-refractivity contribution in [1.29, 1.82) is 0 Å². The second kappa shape index (κ2) is 5.64. The summed E-state index contributed by atoms with van der Waals surface area (Å²) in [4.78, 5) is 0. The molecule has 1 aliphatic rings. The van der Waals surface area contributed by atoms with Crippen molar-refractivity contribution < 1.29 is 0 Å². The number of nitrogens with zero attached hydrogens (tertiary/aromatic N) is 2. The van der Waals surface area contributed by atoms with Gasteiger partial charge >= 0.3 is 0 Å².